The summed E-state index contributed by atoms with van der Waals surface area (Å²) in [5.41, 5.74) is 5.54. The standard InChI is InChI=1S/C13H18N2O2S/c1-3-13(4-2,12(14)18)15-11(17)9-5-7-10(16)8-6-9/h5-8,16H,3-4H2,1-2H3,(H2,14,18)(H,15,17). The molecule has 0 heterocycles. The SMILES string of the molecule is CCC(CC)(NC(=O)c1ccc(O)cc1)C(N)=S. The molecular formula is C13H18N2O2S. The Morgan fingerprint density at radius 1 is 1.33 bits per heavy atom. The van der Waals surface area contributed by atoms with Gasteiger partial charge in [-0.2, -0.15) is 0 Å². The molecule has 1 aromatic rings. The molecule has 98 valence electrons. The summed E-state index contributed by atoms with van der Waals surface area (Å²) in [6.45, 7) is 3.86. The van der Waals surface area contributed by atoms with Crippen LogP contribution in [0, 0.1) is 0 Å². The molecular weight excluding hydrogens is 248 g/mol. The van der Waals surface area contributed by atoms with Gasteiger partial charge in [-0.15, -0.1) is 0 Å². The van der Waals surface area contributed by atoms with Gasteiger partial charge in [0.05, 0.1) is 10.5 Å². The third-order valence-corrected chi connectivity index (χ3v) is 3.55. The Labute approximate surface area is 112 Å². The Hall–Kier alpha value is -1.62. The molecule has 0 fully saturated rings. The van der Waals surface area contributed by atoms with Gasteiger partial charge < -0.3 is 16.2 Å². The quantitative estimate of drug-likeness (QED) is 0.712. The number of benzene rings is 1. The van der Waals surface area contributed by atoms with E-state index >= 15 is 0 Å². The Bertz CT molecular complexity index is 439. The van der Waals surface area contributed by atoms with Crippen molar-refractivity contribution in [2.75, 3.05) is 0 Å². The number of phenolic OH excluding ortho intramolecular Hbond substituents is 1. The van der Waals surface area contributed by atoms with Gasteiger partial charge in [0.1, 0.15) is 5.75 Å². The van der Waals surface area contributed by atoms with Gasteiger partial charge in [-0.3, -0.25) is 4.79 Å². The zero-order valence-corrected chi connectivity index (χ0v) is 11.4. The van der Waals surface area contributed by atoms with Gasteiger partial charge in [0.2, 0.25) is 0 Å². The molecule has 4 N–H and O–H groups in total. The monoisotopic (exact) mass is 266 g/mol. The van der Waals surface area contributed by atoms with E-state index in [0.717, 1.165) is 0 Å². The fraction of sp³-hybridized carbons (Fsp3) is 0.385. The lowest BCUT2D eigenvalue weighted by Crippen LogP contribution is -2.55. The Morgan fingerprint density at radius 3 is 2.22 bits per heavy atom. The molecule has 0 unspecified atom stereocenters. The number of nitrogens with two attached hydrogens (primary N) is 1. The van der Waals surface area contributed by atoms with Crippen molar-refractivity contribution >= 4 is 23.1 Å². The molecule has 4 nitrogen and oxygen atoms in total. The smallest absolute Gasteiger partial charge is 0.252 e. The number of carbonyl (C=O) groups excluding carboxylic acids is 1. The number of thiocarbonyl (C=S) groups is 1. The zero-order valence-electron chi connectivity index (χ0n) is 10.6. The highest BCUT2D eigenvalue weighted by atomic mass is 32.1. The van der Waals surface area contributed by atoms with Crippen molar-refractivity contribution in [3.05, 3.63) is 29.8 Å². The highest BCUT2D eigenvalue weighted by Crippen LogP contribution is 2.17. The van der Waals surface area contributed by atoms with Gasteiger partial charge in [-0.25, -0.2) is 0 Å². The van der Waals surface area contributed by atoms with E-state index in [9.17, 15) is 9.90 Å². The van der Waals surface area contributed by atoms with Gasteiger partial charge in [-0.05, 0) is 37.1 Å². The minimum absolute atomic E-state index is 0.123. The van der Waals surface area contributed by atoms with E-state index in [-0.39, 0.29) is 11.7 Å². The molecule has 0 saturated heterocycles. The third kappa shape index (κ3) is 2.98. The molecule has 0 spiro atoms. The van der Waals surface area contributed by atoms with Crippen molar-refractivity contribution in [2.24, 2.45) is 5.73 Å². The molecule has 0 radical (unpaired) electrons. The summed E-state index contributed by atoms with van der Waals surface area (Å²) < 4.78 is 0. The molecule has 0 bridgehead atoms. The first-order valence-corrected chi connectivity index (χ1v) is 6.27. The molecule has 0 aliphatic carbocycles. The molecule has 0 aliphatic rings. The summed E-state index contributed by atoms with van der Waals surface area (Å²) >= 11 is 5.04. The maximum absolute atomic E-state index is 12.1. The summed E-state index contributed by atoms with van der Waals surface area (Å²) in [5.74, 6) is -0.121. The molecule has 0 saturated carbocycles. The fourth-order valence-electron chi connectivity index (χ4n) is 1.74. The molecule has 1 amide bonds. The van der Waals surface area contributed by atoms with E-state index in [1.165, 1.54) is 12.1 Å². The molecule has 18 heavy (non-hydrogen) atoms. The number of carbonyl (C=O) groups is 1. The van der Waals surface area contributed by atoms with Crippen LogP contribution in [0.25, 0.3) is 0 Å². The largest absolute Gasteiger partial charge is 0.508 e. The van der Waals surface area contributed by atoms with Crippen molar-refractivity contribution < 1.29 is 9.90 Å². The minimum Gasteiger partial charge on any atom is -0.508 e. The maximum atomic E-state index is 12.1. The van der Waals surface area contributed by atoms with Crippen molar-refractivity contribution in [3.8, 4) is 5.75 Å². The lowest BCUT2D eigenvalue weighted by Gasteiger charge is -2.31. The molecule has 0 aliphatic heterocycles. The molecule has 0 atom stereocenters. The Kier molecular flexibility index (Phi) is 4.67. The maximum Gasteiger partial charge on any atom is 0.252 e. The highest BCUT2D eigenvalue weighted by molar-refractivity contribution is 7.80. The van der Waals surface area contributed by atoms with Crippen molar-refractivity contribution in [1.29, 1.82) is 0 Å². The van der Waals surface area contributed by atoms with Crippen molar-refractivity contribution in [3.63, 3.8) is 0 Å². The molecule has 1 aromatic carbocycles. The summed E-state index contributed by atoms with van der Waals surface area (Å²) in [4.78, 5) is 12.4. The first-order chi connectivity index (χ1) is 8.45. The van der Waals surface area contributed by atoms with E-state index in [0.29, 0.717) is 23.4 Å². The number of nitrogens with one attached hydrogen (secondary N) is 1. The van der Waals surface area contributed by atoms with Crippen LogP contribution in [0.5, 0.6) is 5.75 Å². The second kappa shape index (κ2) is 5.82. The lowest BCUT2D eigenvalue weighted by atomic mass is 9.92. The van der Waals surface area contributed by atoms with E-state index < -0.39 is 5.54 Å². The number of hydrogen-bond donors (Lipinski definition) is 3. The van der Waals surface area contributed by atoms with E-state index in [4.69, 9.17) is 18.0 Å². The Morgan fingerprint density at radius 2 is 1.83 bits per heavy atom. The first-order valence-electron chi connectivity index (χ1n) is 5.86. The van der Waals surface area contributed by atoms with Gasteiger partial charge in [0.25, 0.3) is 5.91 Å². The predicted octanol–water partition coefficient (Wildman–Crippen LogP) is 1.97. The number of hydrogen-bond acceptors (Lipinski definition) is 3. The second-order valence-electron chi connectivity index (χ2n) is 4.15. The van der Waals surface area contributed by atoms with Crippen LogP contribution in [0.1, 0.15) is 37.0 Å². The molecule has 5 heteroatoms. The number of aromatic hydroxyl groups is 1. The predicted molar refractivity (Wildman–Crippen MR) is 75.7 cm³/mol. The van der Waals surface area contributed by atoms with Gasteiger partial charge in [-0.1, -0.05) is 26.1 Å². The summed E-state index contributed by atoms with van der Waals surface area (Å²) in [6.07, 6.45) is 1.28. The van der Waals surface area contributed by atoms with Crippen LogP contribution in [0.3, 0.4) is 0 Å². The topological polar surface area (TPSA) is 75.3 Å². The highest BCUT2D eigenvalue weighted by Gasteiger charge is 2.31. The summed E-state index contributed by atoms with van der Waals surface area (Å²) in [6, 6.07) is 6.05. The van der Waals surface area contributed by atoms with Crippen LogP contribution < -0.4 is 11.1 Å². The number of phenols is 1. The van der Waals surface area contributed by atoms with E-state index in [1.54, 1.807) is 12.1 Å². The van der Waals surface area contributed by atoms with Gasteiger partial charge in [0, 0.05) is 5.56 Å². The van der Waals surface area contributed by atoms with Crippen molar-refractivity contribution in [2.45, 2.75) is 32.2 Å². The van der Waals surface area contributed by atoms with Crippen LogP contribution in [-0.2, 0) is 0 Å². The molecule has 1 rings (SSSR count). The summed E-state index contributed by atoms with van der Waals surface area (Å²) in [5, 5.41) is 12.1. The van der Waals surface area contributed by atoms with Gasteiger partial charge >= 0.3 is 0 Å². The summed E-state index contributed by atoms with van der Waals surface area (Å²) in [7, 11) is 0. The average molecular weight is 266 g/mol. The van der Waals surface area contributed by atoms with Crippen LogP contribution in [0.2, 0.25) is 0 Å². The first kappa shape index (κ1) is 14.4. The molecule has 0 aromatic heterocycles. The van der Waals surface area contributed by atoms with E-state index in [1.807, 2.05) is 13.8 Å². The zero-order chi connectivity index (χ0) is 13.8. The van der Waals surface area contributed by atoms with Crippen LogP contribution in [0.15, 0.2) is 24.3 Å². The lowest BCUT2D eigenvalue weighted by molar-refractivity contribution is 0.0920. The minimum atomic E-state index is -0.649. The second-order valence-corrected chi connectivity index (χ2v) is 4.59. The normalized spacial score (nSPS) is 11.0. The number of amides is 1. The van der Waals surface area contributed by atoms with Crippen LogP contribution in [-0.4, -0.2) is 21.5 Å². The van der Waals surface area contributed by atoms with Crippen molar-refractivity contribution in [1.82, 2.24) is 5.32 Å². The van der Waals surface area contributed by atoms with E-state index in [2.05, 4.69) is 5.32 Å². The van der Waals surface area contributed by atoms with Gasteiger partial charge in [0.15, 0.2) is 0 Å². The third-order valence-electron chi connectivity index (χ3n) is 3.16. The van der Waals surface area contributed by atoms with Crippen LogP contribution >= 0.6 is 12.2 Å². The average Bonchev–Trinajstić information content (AvgIpc) is 2.36. The number of rotatable bonds is 5. The Balaban J connectivity index is 2.91. The fourth-order valence-corrected chi connectivity index (χ4v) is 2.08. The van der Waals surface area contributed by atoms with Crippen LogP contribution in [0.4, 0.5) is 0 Å².